The number of hydrogen-bond donors (Lipinski definition) is 3. The summed E-state index contributed by atoms with van der Waals surface area (Å²) in [5.74, 6) is 0. The Morgan fingerprint density at radius 2 is 1.71 bits per heavy atom. The summed E-state index contributed by atoms with van der Waals surface area (Å²) in [5, 5.41) is 25.9. The lowest BCUT2D eigenvalue weighted by Crippen LogP contribution is -2.29. The summed E-state index contributed by atoms with van der Waals surface area (Å²) in [7, 11) is 0. The van der Waals surface area contributed by atoms with Gasteiger partial charge in [0, 0.05) is 41.8 Å². The predicted octanol–water partition coefficient (Wildman–Crippen LogP) is 2.97. The first-order valence-corrected chi connectivity index (χ1v) is 9.88. The molecule has 0 saturated carbocycles. The van der Waals surface area contributed by atoms with Crippen LogP contribution in [0.3, 0.4) is 0 Å². The van der Waals surface area contributed by atoms with Crippen molar-refractivity contribution in [1.29, 1.82) is 0 Å². The third kappa shape index (κ3) is 5.77. The van der Waals surface area contributed by atoms with Gasteiger partial charge in [0.1, 0.15) is 11.4 Å². The Labute approximate surface area is 174 Å². The Morgan fingerprint density at radius 1 is 0.929 bits per heavy atom. The summed E-state index contributed by atoms with van der Waals surface area (Å²) in [6.07, 6.45) is 0. The van der Waals surface area contributed by atoms with Gasteiger partial charge in [-0.3, -0.25) is 0 Å². The highest BCUT2D eigenvalue weighted by Crippen LogP contribution is 2.23. The van der Waals surface area contributed by atoms with Crippen LogP contribution in [0.25, 0.3) is 11.3 Å². The van der Waals surface area contributed by atoms with E-state index in [9.17, 15) is 0 Å². The highest BCUT2D eigenvalue weighted by Gasteiger charge is 2.14. The molecule has 1 heterocycles. The van der Waals surface area contributed by atoms with Crippen molar-refractivity contribution < 1.29 is 5.11 Å². The van der Waals surface area contributed by atoms with Crippen LogP contribution < -0.4 is 10.6 Å². The van der Waals surface area contributed by atoms with Gasteiger partial charge in [-0.05, 0) is 17.7 Å². The molecule has 0 radical (unpaired) electrons. The lowest BCUT2D eigenvalue weighted by Gasteiger charge is -2.05. The second-order valence-electron chi connectivity index (χ2n) is 6.28. The maximum atomic E-state index is 8.80. The number of rotatable bonds is 10. The standard InChI is InChI=1S/C20H23Cl2N5O/c21-17-7-6-16(18(22)12-17)14-27-25-19(13-24-9-8-23-10-11-28)20(26-27)15-4-2-1-3-5-15/h1-7,12,23-24,28H,8-11,13-14H2. The van der Waals surface area contributed by atoms with Crippen molar-refractivity contribution in [3.05, 3.63) is 69.8 Å². The summed E-state index contributed by atoms with van der Waals surface area (Å²) < 4.78 is 0. The number of benzene rings is 2. The molecule has 0 aliphatic carbocycles. The van der Waals surface area contributed by atoms with E-state index in [1.54, 1.807) is 10.9 Å². The quantitative estimate of drug-likeness (QED) is 0.440. The molecule has 0 spiro atoms. The average Bonchev–Trinajstić information content (AvgIpc) is 3.10. The summed E-state index contributed by atoms with van der Waals surface area (Å²) in [6, 6.07) is 15.4. The predicted molar refractivity (Wildman–Crippen MR) is 113 cm³/mol. The molecular formula is C20H23Cl2N5O. The third-order valence-corrected chi connectivity index (χ3v) is 4.75. The van der Waals surface area contributed by atoms with E-state index < -0.39 is 0 Å². The summed E-state index contributed by atoms with van der Waals surface area (Å²) >= 11 is 12.3. The number of hydrogen-bond acceptors (Lipinski definition) is 5. The topological polar surface area (TPSA) is 75.0 Å². The first kappa shape index (κ1) is 20.8. The van der Waals surface area contributed by atoms with E-state index in [0.717, 1.165) is 35.6 Å². The molecule has 0 fully saturated rings. The van der Waals surface area contributed by atoms with E-state index in [-0.39, 0.29) is 6.61 Å². The lowest BCUT2D eigenvalue weighted by molar-refractivity contribution is 0.292. The van der Waals surface area contributed by atoms with Crippen molar-refractivity contribution in [2.24, 2.45) is 0 Å². The second-order valence-corrected chi connectivity index (χ2v) is 7.12. The molecule has 3 rings (SSSR count). The maximum Gasteiger partial charge on any atom is 0.117 e. The molecule has 6 nitrogen and oxygen atoms in total. The first-order valence-electron chi connectivity index (χ1n) is 9.13. The van der Waals surface area contributed by atoms with E-state index in [1.165, 1.54) is 0 Å². The number of nitrogens with one attached hydrogen (secondary N) is 2. The minimum Gasteiger partial charge on any atom is -0.395 e. The zero-order valence-electron chi connectivity index (χ0n) is 15.4. The minimum atomic E-state index is 0.139. The molecule has 3 aromatic rings. The van der Waals surface area contributed by atoms with Crippen LogP contribution in [0.4, 0.5) is 0 Å². The maximum absolute atomic E-state index is 8.80. The van der Waals surface area contributed by atoms with Crippen molar-refractivity contribution in [2.75, 3.05) is 26.2 Å². The molecular weight excluding hydrogens is 397 g/mol. The molecule has 148 valence electrons. The smallest absolute Gasteiger partial charge is 0.117 e. The molecule has 0 bridgehead atoms. The number of aliphatic hydroxyl groups excluding tert-OH is 1. The molecule has 2 aromatic carbocycles. The largest absolute Gasteiger partial charge is 0.395 e. The normalized spacial score (nSPS) is 11.1. The fourth-order valence-electron chi connectivity index (χ4n) is 2.78. The number of nitrogens with zero attached hydrogens (tertiary/aromatic N) is 3. The molecule has 0 aliphatic rings. The van der Waals surface area contributed by atoms with Crippen LogP contribution in [-0.4, -0.2) is 46.3 Å². The Bertz CT molecular complexity index is 886. The molecule has 3 N–H and O–H groups in total. The van der Waals surface area contributed by atoms with Crippen molar-refractivity contribution in [1.82, 2.24) is 25.6 Å². The molecule has 0 amide bonds. The van der Waals surface area contributed by atoms with Crippen molar-refractivity contribution >= 4 is 23.2 Å². The van der Waals surface area contributed by atoms with Crippen LogP contribution in [-0.2, 0) is 13.1 Å². The van der Waals surface area contributed by atoms with Gasteiger partial charge in [-0.15, -0.1) is 0 Å². The van der Waals surface area contributed by atoms with Crippen LogP contribution in [0.15, 0.2) is 48.5 Å². The van der Waals surface area contributed by atoms with E-state index in [0.29, 0.717) is 29.7 Å². The van der Waals surface area contributed by atoms with Crippen molar-refractivity contribution in [3.63, 3.8) is 0 Å². The van der Waals surface area contributed by atoms with Crippen molar-refractivity contribution in [2.45, 2.75) is 13.1 Å². The molecule has 0 unspecified atom stereocenters. The van der Waals surface area contributed by atoms with Gasteiger partial charge in [0.05, 0.1) is 13.2 Å². The highest BCUT2D eigenvalue weighted by molar-refractivity contribution is 6.35. The molecule has 1 aromatic heterocycles. The molecule has 0 saturated heterocycles. The van der Waals surface area contributed by atoms with Crippen LogP contribution in [0.2, 0.25) is 10.0 Å². The van der Waals surface area contributed by atoms with Crippen LogP contribution in [0, 0.1) is 0 Å². The summed E-state index contributed by atoms with van der Waals surface area (Å²) in [5.41, 5.74) is 3.65. The number of aliphatic hydroxyl groups is 1. The third-order valence-electron chi connectivity index (χ3n) is 4.16. The molecule has 28 heavy (non-hydrogen) atoms. The fraction of sp³-hybridized carbons (Fsp3) is 0.300. The number of halogens is 2. The van der Waals surface area contributed by atoms with Gasteiger partial charge in [0.15, 0.2) is 0 Å². The Balaban J connectivity index is 1.75. The number of aromatic nitrogens is 3. The lowest BCUT2D eigenvalue weighted by atomic mass is 10.1. The SMILES string of the molecule is OCCNCCNCc1nn(Cc2ccc(Cl)cc2Cl)nc1-c1ccccc1. The molecule has 0 aliphatic heterocycles. The Kier molecular flexibility index (Phi) is 7.82. The van der Waals surface area contributed by atoms with Gasteiger partial charge >= 0.3 is 0 Å². The second kappa shape index (κ2) is 10.5. The molecule has 8 heteroatoms. The Morgan fingerprint density at radius 3 is 2.46 bits per heavy atom. The monoisotopic (exact) mass is 419 g/mol. The van der Waals surface area contributed by atoms with E-state index >= 15 is 0 Å². The fourth-order valence-corrected chi connectivity index (χ4v) is 3.25. The zero-order chi connectivity index (χ0) is 19.8. The van der Waals surface area contributed by atoms with Crippen LogP contribution in [0.5, 0.6) is 0 Å². The van der Waals surface area contributed by atoms with E-state index in [1.807, 2.05) is 42.5 Å². The minimum absolute atomic E-state index is 0.139. The van der Waals surface area contributed by atoms with E-state index in [4.69, 9.17) is 33.4 Å². The molecule has 0 atom stereocenters. The Hall–Kier alpha value is -1.96. The van der Waals surface area contributed by atoms with Gasteiger partial charge < -0.3 is 15.7 Å². The van der Waals surface area contributed by atoms with Gasteiger partial charge in [-0.2, -0.15) is 15.0 Å². The first-order chi connectivity index (χ1) is 13.7. The average molecular weight is 420 g/mol. The summed E-state index contributed by atoms with van der Waals surface area (Å²) in [6.45, 7) is 3.34. The van der Waals surface area contributed by atoms with Crippen molar-refractivity contribution in [3.8, 4) is 11.3 Å². The van der Waals surface area contributed by atoms with E-state index in [2.05, 4.69) is 15.7 Å². The summed E-state index contributed by atoms with van der Waals surface area (Å²) in [4.78, 5) is 1.67. The van der Waals surface area contributed by atoms with Gasteiger partial charge in [-0.25, -0.2) is 0 Å². The van der Waals surface area contributed by atoms with Gasteiger partial charge in [0.2, 0.25) is 0 Å². The zero-order valence-corrected chi connectivity index (χ0v) is 16.9. The highest BCUT2D eigenvalue weighted by atomic mass is 35.5. The van der Waals surface area contributed by atoms with Gasteiger partial charge in [0.25, 0.3) is 0 Å². The van der Waals surface area contributed by atoms with Crippen LogP contribution in [0.1, 0.15) is 11.3 Å². The van der Waals surface area contributed by atoms with Crippen LogP contribution >= 0.6 is 23.2 Å². The van der Waals surface area contributed by atoms with Gasteiger partial charge in [-0.1, -0.05) is 59.6 Å².